The molecule has 0 unspecified atom stereocenters. The summed E-state index contributed by atoms with van der Waals surface area (Å²) in [5, 5.41) is 0. The highest BCUT2D eigenvalue weighted by atomic mass is 32.1. The zero-order chi connectivity index (χ0) is 23.1. The smallest absolute Gasteiger partial charge is 0.410 e. The van der Waals surface area contributed by atoms with E-state index in [1.807, 2.05) is 33.8 Å². The normalized spacial score (nSPS) is 30.6. The lowest BCUT2D eigenvalue weighted by Gasteiger charge is -2.52. The Morgan fingerprint density at radius 1 is 1.41 bits per heavy atom. The number of amides is 1. The summed E-state index contributed by atoms with van der Waals surface area (Å²) in [6, 6.07) is 1.96. The molecule has 1 aromatic heterocycles. The molecule has 1 amide bonds. The van der Waals surface area contributed by atoms with Crippen LogP contribution in [0.3, 0.4) is 0 Å². The van der Waals surface area contributed by atoms with E-state index in [4.69, 9.17) is 27.5 Å². The molecule has 0 N–H and O–H groups in total. The summed E-state index contributed by atoms with van der Waals surface area (Å²) in [6.45, 7) is 8.91. The highest BCUT2D eigenvalue weighted by Crippen LogP contribution is 2.65. The molecule has 0 aromatic carbocycles. The van der Waals surface area contributed by atoms with E-state index in [0.717, 1.165) is 16.9 Å². The standard InChI is InChI=1S/C23H33NO7S/c1-15(31-32)16-6-8-23-17-7-10-27-19(17)18(28-14-26-5)12-22(16,23)13-24(9-11-29-23)20(25)30-21(2,3)4/h6-7,10,15,18,32H,8-9,11-14H2,1-5H3/t15-,18-,22+,23+/m1/s1. The summed E-state index contributed by atoms with van der Waals surface area (Å²) in [5.41, 5.74) is 0.116. The van der Waals surface area contributed by atoms with Crippen molar-refractivity contribution < 1.29 is 32.3 Å². The van der Waals surface area contributed by atoms with Gasteiger partial charge < -0.3 is 32.4 Å². The molecule has 4 rings (SSSR count). The minimum atomic E-state index is -0.686. The van der Waals surface area contributed by atoms with Crippen LogP contribution in [0.25, 0.3) is 0 Å². The van der Waals surface area contributed by atoms with Crippen LogP contribution in [0.1, 0.15) is 58.0 Å². The molecule has 0 spiro atoms. The minimum Gasteiger partial charge on any atom is -0.466 e. The van der Waals surface area contributed by atoms with Gasteiger partial charge >= 0.3 is 6.09 Å². The van der Waals surface area contributed by atoms with Crippen molar-refractivity contribution in [2.24, 2.45) is 5.41 Å². The lowest BCUT2D eigenvalue weighted by molar-refractivity contribution is -0.160. The van der Waals surface area contributed by atoms with Crippen LogP contribution in [0.4, 0.5) is 4.79 Å². The Balaban J connectivity index is 1.81. The average Bonchev–Trinajstić information content (AvgIpc) is 3.29. The summed E-state index contributed by atoms with van der Waals surface area (Å²) in [6.07, 6.45) is 4.04. The monoisotopic (exact) mass is 467 g/mol. The van der Waals surface area contributed by atoms with E-state index in [2.05, 4.69) is 19.0 Å². The molecule has 1 aliphatic heterocycles. The van der Waals surface area contributed by atoms with Crippen molar-refractivity contribution >= 4 is 19.0 Å². The van der Waals surface area contributed by atoms with Crippen LogP contribution in [0.2, 0.25) is 0 Å². The number of furan rings is 1. The maximum absolute atomic E-state index is 13.1. The number of carbonyl (C=O) groups is 1. The van der Waals surface area contributed by atoms with E-state index >= 15 is 0 Å². The van der Waals surface area contributed by atoms with Gasteiger partial charge in [-0.3, -0.25) is 0 Å². The largest absolute Gasteiger partial charge is 0.466 e. The third-order valence-electron chi connectivity index (χ3n) is 6.70. The Morgan fingerprint density at radius 3 is 2.88 bits per heavy atom. The summed E-state index contributed by atoms with van der Waals surface area (Å²) in [5.74, 6) is 0.748. The van der Waals surface area contributed by atoms with Crippen molar-refractivity contribution in [1.29, 1.82) is 0 Å². The summed E-state index contributed by atoms with van der Waals surface area (Å²) < 4.78 is 35.0. The number of hydrogen-bond acceptors (Lipinski definition) is 8. The number of carbonyl (C=O) groups excluding carboxylic acids is 1. The first-order chi connectivity index (χ1) is 15.2. The van der Waals surface area contributed by atoms with Gasteiger partial charge in [0, 0.05) is 37.6 Å². The highest BCUT2D eigenvalue weighted by Gasteiger charge is 2.66. The molecule has 178 valence electrons. The molecule has 0 radical (unpaired) electrons. The van der Waals surface area contributed by atoms with Crippen LogP contribution in [0.5, 0.6) is 0 Å². The van der Waals surface area contributed by atoms with Crippen LogP contribution in [0, 0.1) is 5.41 Å². The fourth-order valence-corrected chi connectivity index (χ4v) is 5.63. The molecule has 0 saturated carbocycles. The van der Waals surface area contributed by atoms with E-state index in [-0.39, 0.29) is 25.1 Å². The second kappa shape index (κ2) is 8.68. The van der Waals surface area contributed by atoms with Crippen molar-refractivity contribution in [3.8, 4) is 0 Å². The van der Waals surface area contributed by atoms with E-state index in [0.29, 0.717) is 32.5 Å². The molecule has 1 fully saturated rings. The Hall–Kier alpha value is -1.52. The Bertz CT molecular complexity index is 878. The van der Waals surface area contributed by atoms with Gasteiger partial charge in [-0.15, -0.1) is 0 Å². The number of thiol groups is 1. The third-order valence-corrected chi connectivity index (χ3v) is 7.01. The minimum absolute atomic E-state index is 0.127. The molecule has 9 heteroatoms. The van der Waals surface area contributed by atoms with Gasteiger partial charge in [0.2, 0.25) is 0 Å². The van der Waals surface area contributed by atoms with Crippen molar-refractivity contribution in [3.63, 3.8) is 0 Å². The van der Waals surface area contributed by atoms with Crippen LogP contribution in [-0.4, -0.2) is 56.3 Å². The predicted molar refractivity (Wildman–Crippen MR) is 119 cm³/mol. The second-order valence-electron chi connectivity index (χ2n) is 9.74. The maximum Gasteiger partial charge on any atom is 0.410 e. The van der Waals surface area contributed by atoms with Gasteiger partial charge in [0.1, 0.15) is 29.9 Å². The van der Waals surface area contributed by atoms with E-state index in [9.17, 15) is 4.79 Å². The number of fused-ring (bicyclic) bond motifs is 1. The van der Waals surface area contributed by atoms with Crippen LogP contribution >= 0.6 is 12.9 Å². The summed E-state index contributed by atoms with van der Waals surface area (Å²) in [7, 11) is 1.59. The van der Waals surface area contributed by atoms with Gasteiger partial charge in [0.05, 0.1) is 19.0 Å². The predicted octanol–water partition coefficient (Wildman–Crippen LogP) is 4.37. The third kappa shape index (κ3) is 3.77. The topological polar surface area (TPSA) is 79.6 Å². The Labute approximate surface area is 194 Å². The Kier molecular flexibility index (Phi) is 6.41. The highest BCUT2D eigenvalue weighted by molar-refractivity contribution is 7.75. The number of rotatable bonds is 5. The van der Waals surface area contributed by atoms with Gasteiger partial charge in [0.25, 0.3) is 0 Å². The number of hydrogen-bond donors (Lipinski definition) is 1. The number of ether oxygens (including phenoxy) is 4. The zero-order valence-corrected chi connectivity index (χ0v) is 20.3. The molecule has 4 atom stereocenters. The van der Waals surface area contributed by atoms with Gasteiger partial charge in [-0.2, -0.15) is 0 Å². The fraction of sp³-hybridized carbons (Fsp3) is 0.696. The molecule has 3 aliphatic rings. The number of nitrogens with zero attached hydrogens (tertiary/aromatic N) is 1. The molecule has 2 aliphatic carbocycles. The average molecular weight is 468 g/mol. The first-order valence-electron chi connectivity index (χ1n) is 11.0. The van der Waals surface area contributed by atoms with Crippen molar-refractivity contribution in [1.82, 2.24) is 4.90 Å². The van der Waals surface area contributed by atoms with Crippen LogP contribution in [0.15, 0.2) is 28.4 Å². The molecule has 32 heavy (non-hydrogen) atoms. The zero-order valence-electron chi connectivity index (χ0n) is 19.4. The van der Waals surface area contributed by atoms with Gasteiger partial charge in [-0.1, -0.05) is 6.08 Å². The van der Waals surface area contributed by atoms with Crippen LogP contribution < -0.4 is 0 Å². The lowest BCUT2D eigenvalue weighted by Crippen LogP contribution is -2.55. The molecular formula is C23H33NO7S. The molecule has 1 aromatic rings. The maximum atomic E-state index is 13.1. The van der Waals surface area contributed by atoms with Crippen molar-refractivity contribution in [3.05, 3.63) is 35.3 Å². The van der Waals surface area contributed by atoms with Gasteiger partial charge in [-0.05, 0) is 58.7 Å². The van der Waals surface area contributed by atoms with Crippen LogP contribution in [-0.2, 0) is 28.7 Å². The van der Waals surface area contributed by atoms with Crippen molar-refractivity contribution in [2.45, 2.75) is 63.9 Å². The fourth-order valence-electron chi connectivity index (χ4n) is 5.51. The van der Waals surface area contributed by atoms with Gasteiger partial charge in [-0.25, -0.2) is 4.79 Å². The first kappa shape index (κ1) is 23.6. The SMILES string of the molecule is COCO[C@@H]1C[C@@]23CN(C(=O)OC(C)(C)C)CCO[C@@]2(CC=C3[C@@H](C)OS)c2ccoc21. The molecular weight excluding hydrogens is 434 g/mol. The summed E-state index contributed by atoms with van der Waals surface area (Å²) >= 11 is 4.11. The molecule has 1 saturated heterocycles. The Morgan fingerprint density at radius 2 is 2.19 bits per heavy atom. The van der Waals surface area contributed by atoms with E-state index in [1.54, 1.807) is 18.3 Å². The lowest BCUT2D eigenvalue weighted by atomic mass is 9.59. The van der Waals surface area contributed by atoms with E-state index in [1.165, 1.54) is 0 Å². The quantitative estimate of drug-likeness (QED) is 0.298. The first-order valence-corrected chi connectivity index (χ1v) is 11.3. The van der Waals surface area contributed by atoms with Crippen molar-refractivity contribution in [2.75, 3.05) is 33.6 Å². The molecule has 2 heterocycles. The van der Waals surface area contributed by atoms with Gasteiger partial charge in [0.15, 0.2) is 0 Å². The number of methoxy groups -OCH3 is 1. The summed E-state index contributed by atoms with van der Waals surface area (Å²) in [4.78, 5) is 14.9. The molecule has 8 nitrogen and oxygen atoms in total. The second-order valence-corrected chi connectivity index (χ2v) is 9.95. The molecule has 0 bridgehead atoms. The van der Waals surface area contributed by atoms with E-state index < -0.39 is 16.6 Å².